The van der Waals surface area contributed by atoms with E-state index in [0.717, 1.165) is 20.6 Å². The van der Waals surface area contributed by atoms with Crippen LogP contribution in [0.5, 0.6) is 5.75 Å². The zero-order chi connectivity index (χ0) is 21.7. The molecule has 0 aliphatic carbocycles. The Morgan fingerprint density at radius 1 is 1.10 bits per heavy atom. The van der Waals surface area contributed by atoms with Gasteiger partial charge in [0.25, 0.3) is 0 Å². The number of halogens is 1. The van der Waals surface area contributed by atoms with Gasteiger partial charge in [0.2, 0.25) is 15.9 Å². The minimum Gasteiger partial charge on any atom is -0.492 e. The maximum Gasteiger partial charge on any atom is 0.243 e. The van der Waals surface area contributed by atoms with E-state index in [-0.39, 0.29) is 16.5 Å². The molecule has 3 aromatic rings. The molecule has 1 N–H and O–H groups in total. The van der Waals surface area contributed by atoms with Gasteiger partial charge in [-0.1, -0.05) is 54.1 Å². The molecule has 1 amide bonds. The van der Waals surface area contributed by atoms with Crippen LogP contribution in [0, 0.1) is 0 Å². The summed E-state index contributed by atoms with van der Waals surface area (Å²) in [6.45, 7) is 2.23. The number of benzene rings is 3. The van der Waals surface area contributed by atoms with E-state index in [2.05, 4.69) is 5.32 Å². The van der Waals surface area contributed by atoms with E-state index < -0.39 is 15.9 Å². The average molecular weight is 447 g/mol. The highest BCUT2D eigenvalue weighted by Crippen LogP contribution is 2.28. The van der Waals surface area contributed by atoms with Crippen LogP contribution in [0.4, 0.5) is 0 Å². The van der Waals surface area contributed by atoms with Gasteiger partial charge in [0.05, 0.1) is 23.1 Å². The van der Waals surface area contributed by atoms with Gasteiger partial charge in [0.15, 0.2) is 0 Å². The maximum absolute atomic E-state index is 12.8. The third-order valence-corrected chi connectivity index (χ3v) is 6.73. The topological polar surface area (TPSA) is 75.7 Å². The lowest BCUT2D eigenvalue weighted by Gasteiger charge is -2.18. The van der Waals surface area contributed by atoms with Crippen LogP contribution in [-0.4, -0.2) is 38.8 Å². The van der Waals surface area contributed by atoms with Crippen molar-refractivity contribution in [1.29, 1.82) is 0 Å². The fourth-order valence-corrected chi connectivity index (χ4v) is 4.53. The van der Waals surface area contributed by atoms with Gasteiger partial charge in [-0.15, -0.1) is 0 Å². The summed E-state index contributed by atoms with van der Waals surface area (Å²) >= 11 is 6.10. The van der Waals surface area contributed by atoms with E-state index in [1.54, 1.807) is 0 Å². The van der Waals surface area contributed by atoms with E-state index in [9.17, 15) is 13.2 Å². The molecule has 0 radical (unpaired) electrons. The Labute approximate surface area is 181 Å². The van der Waals surface area contributed by atoms with Crippen LogP contribution in [0.15, 0.2) is 65.6 Å². The lowest BCUT2D eigenvalue weighted by molar-refractivity contribution is -0.121. The Balaban J connectivity index is 1.66. The lowest BCUT2D eigenvalue weighted by Crippen LogP contribution is -2.38. The molecule has 0 spiro atoms. The summed E-state index contributed by atoms with van der Waals surface area (Å²) < 4.78 is 31.9. The number of fused-ring (bicyclic) bond motifs is 1. The largest absolute Gasteiger partial charge is 0.492 e. The number of nitrogens with one attached hydrogen (secondary N) is 1. The Kier molecular flexibility index (Phi) is 6.97. The number of carbonyl (C=O) groups excluding carboxylic acids is 1. The first-order valence-electron chi connectivity index (χ1n) is 9.45. The first-order chi connectivity index (χ1) is 14.3. The fraction of sp³-hybridized carbons (Fsp3) is 0.227. The van der Waals surface area contributed by atoms with E-state index in [1.165, 1.54) is 25.2 Å². The molecule has 0 saturated heterocycles. The van der Waals surface area contributed by atoms with Crippen LogP contribution in [0.1, 0.15) is 12.5 Å². The lowest BCUT2D eigenvalue weighted by atomic mass is 10.0. The normalized spacial score (nSPS) is 11.6. The van der Waals surface area contributed by atoms with Crippen molar-refractivity contribution < 1.29 is 17.9 Å². The summed E-state index contributed by atoms with van der Waals surface area (Å²) in [5, 5.41) is 5.12. The quantitative estimate of drug-likeness (QED) is 0.570. The van der Waals surface area contributed by atoms with Crippen molar-refractivity contribution >= 4 is 38.3 Å². The van der Waals surface area contributed by atoms with Gasteiger partial charge in [0.1, 0.15) is 5.75 Å². The molecule has 0 aliphatic heterocycles. The number of carbonyl (C=O) groups is 1. The molecule has 3 rings (SSSR count). The zero-order valence-electron chi connectivity index (χ0n) is 16.8. The molecule has 0 aromatic heterocycles. The molecule has 0 fully saturated rings. The van der Waals surface area contributed by atoms with Crippen LogP contribution in [0.25, 0.3) is 10.8 Å². The summed E-state index contributed by atoms with van der Waals surface area (Å²) in [7, 11) is -2.52. The number of hydrogen-bond donors (Lipinski definition) is 1. The zero-order valence-corrected chi connectivity index (χ0v) is 18.3. The molecule has 0 atom stereocenters. The smallest absolute Gasteiger partial charge is 0.243 e. The monoisotopic (exact) mass is 446 g/mol. The Morgan fingerprint density at radius 2 is 1.83 bits per heavy atom. The summed E-state index contributed by atoms with van der Waals surface area (Å²) in [6.07, 6.45) is 0. The van der Waals surface area contributed by atoms with Crippen molar-refractivity contribution in [3.8, 4) is 5.75 Å². The molecule has 8 heteroatoms. The van der Waals surface area contributed by atoms with Gasteiger partial charge < -0.3 is 10.1 Å². The maximum atomic E-state index is 12.8. The average Bonchev–Trinajstić information content (AvgIpc) is 2.73. The third-order valence-electron chi connectivity index (χ3n) is 4.63. The molecule has 30 heavy (non-hydrogen) atoms. The van der Waals surface area contributed by atoms with Gasteiger partial charge in [-0.2, -0.15) is 4.31 Å². The minimum absolute atomic E-state index is 0.000284. The van der Waals surface area contributed by atoms with Crippen LogP contribution in [0.2, 0.25) is 5.02 Å². The molecule has 0 saturated carbocycles. The highest BCUT2D eigenvalue weighted by Gasteiger charge is 2.24. The number of hydrogen-bond acceptors (Lipinski definition) is 4. The predicted molar refractivity (Wildman–Crippen MR) is 118 cm³/mol. The number of amides is 1. The van der Waals surface area contributed by atoms with Gasteiger partial charge in [-0.3, -0.25) is 4.79 Å². The van der Waals surface area contributed by atoms with Gasteiger partial charge in [0, 0.05) is 13.6 Å². The third kappa shape index (κ3) is 4.92. The fourth-order valence-electron chi connectivity index (χ4n) is 3.08. The van der Waals surface area contributed by atoms with Crippen molar-refractivity contribution in [2.45, 2.75) is 18.4 Å². The van der Waals surface area contributed by atoms with Crippen LogP contribution < -0.4 is 10.1 Å². The standard InChI is InChI=1S/C22H23ClN2O4S/c1-3-29-21-12-11-18(13-20(21)23)30(27,28)25(2)15-22(26)24-14-17-9-6-8-16-7-4-5-10-19(16)17/h4-13H,3,14-15H2,1-2H3,(H,24,26). The molecule has 158 valence electrons. The van der Waals surface area contributed by atoms with E-state index in [0.29, 0.717) is 18.9 Å². The molecule has 6 nitrogen and oxygen atoms in total. The Bertz CT molecular complexity index is 1160. The summed E-state index contributed by atoms with van der Waals surface area (Å²) in [5.41, 5.74) is 0.963. The van der Waals surface area contributed by atoms with Gasteiger partial charge in [-0.25, -0.2) is 8.42 Å². The SMILES string of the molecule is CCOc1ccc(S(=O)(=O)N(C)CC(=O)NCc2cccc3ccccc23)cc1Cl. The number of rotatable bonds is 8. The van der Waals surface area contributed by atoms with Crippen LogP contribution in [-0.2, 0) is 21.4 Å². The number of nitrogens with zero attached hydrogens (tertiary/aromatic N) is 1. The minimum atomic E-state index is -3.87. The summed E-state index contributed by atoms with van der Waals surface area (Å²) in [6, 6.07) is 18.0. The molecule has 3 aromatic carbocycles. The van der Waals surface area contributed by atoms with Crippen molar-refractivity contribution in [1.82, 2.24) is 9.62 Å². The molecule has 0 bridgehead atoms. The number of sulfonamides is 1. The molecular formula is C22H23ClN2O4S. The van der Waals surface area contributed by atoms with Crippen molar-refractivity contribution in [3.05, 3.63) is 71.2 Å². The van der Waals surface area contributed by atoms with E-state index in [1.807, 2.05) is 49.4 Å². The number of ether oxygens (including phenoxy) is 1. The van der Waals surface area contributed by atoms with Crippen molar-refractivity contribution in [2.24, 2.45) is 0 Å². The molecular weight excluding hydrogens is 424 g/mol. The Hall–Kier alpha value is -2.61. The van der Waals surface area contributed by atoms with Crippen molar-refractivity contribution in [3.63, 3.8) is 0 Å². The second-order valence-corrected chi connectivity index (χ2v) is 9.15. The summed E-state index contributed by atoms with van der Waals surface area (Å²) in [4.78, 5) is 12.4. The molecule has 0 heterocycles. The molecule has 0 aliphatic rings. The highest BCUT2D eigenvalue weighted by atomic mass is 35.5. The van der Waals surface area contributed by atoms with Crippen molar-refractivity contribution in [2.75, 3.05) is 20.2 Å². The van der Waals surface area contributed by atoms with Gasteiger partial charge in [-0.05, 0) is 41.5 Å². The van der Waals surface area contributed by atoms with Crippen LogP contribution >= 0.6 is 11.6 Å². The second-order valence-electron chi connectivity index (χ2n) is 6.70. The molecule has 0 unspecified atom stereocenters. The Morgan fingerprint density at radius 3 is 2.57 bits per heavy atom. The van der Waals surface area contributed by atoms with E-state index >= 15 is 0 Å². The second kappa shape index (κ2) is 9.47. The first-order valence-corrected chi connectivity index (χ1v) is 11.3. The highest BCUT2D eigenvalue weighted by molar-refractivity contribution is 7.89. The van der Waals surface area contributed by atoms with Gasteiger partial charge >= 0.3 is 0 Å². The van der Waals surface area contributed by atoms with Crippen LogP contribution in [0.3, 0.4) is 0 Å². The number of likely N-dealkylation sites (N-methyl/N-ethyl adjacent to an activating group) is 1. The summed E-state index contributed by atoms with van der Waals surface area (Å²) in [5.74, 6) is 0.0136. The van der Waals surface area contributed by atoms with E-state index in [4.69, 9.17) is 16.3 Å². The predicted octanol–water partition coefficient (Wildman–Crippen LogP) is 3.83. The first kappa shape index (κ1) is 22.1.